The minimum absolute atomic E-state index is 0.0648. The molecule has 0 bridgehead atoms. The molecule has 0 amide bonds. The number of carbonyl (C=O) groups is 2. The molecule has 6 atom stereocenters. The van der Waals surface area contributed by atoms with Crippen LogP contribution in [0.2, 0.25) is 0 Å². The summed E-state index contributed by atoms with van der Waals surface area (Å²) in [6.45, 7) is 16.9. The molecule has 0 saturated carbocycles. The Bertz CT molecular complexity index is 656. The third-order valence-electron chi connectivity index (χ3n) is 6.67. The summed E-state index contributed by atoms with van der Waals surface area (Å²) in [6.07, 6.45) is 6.51. The third-order valence-corrected chi connectivity index (χ3v) is 6.67. The van der Waals surface area contributed by atoms with Crippen LogP contribution < -0.4 is 0 Å². The second-order valence-corrected chi connectivity index (χ2v) is 11.9. The Morgan fingerprint density at radius 1 is 1.17 bits per heavy atom. The van der Waals surface area contributed by atoms with E-state index in [9.17, 15) is 24.9 Å². The number of ether oxygens (including phenoxy) is 1. The van der Waals surface area contributed by atoms with E-state index in [0.717, 1.165) is 25.7 Å². The maximum atomic E-state index is 11.3. The number of allylic oxidation sites excluding steroid dienone is 2. The van der Waals surface area contributed by atoms with E-state index < -0.39 is 24.3 Å². The van der Waals surface area contributed by atoms with Gasteiger partial charge in [0.1, 0.15) is 6.10 Å². The molecule has 4 N–H and O–H groups in total. The summed E-state index contributed by atoms with van der Waals surface area (Å²) in [6, 6.07) is 0. The topological polar surface area (TPSA) is 124 Å². The monoisotopic (exact) mass is 500 g/mol. The quantitative estimate of drug-likeness (QED) is 0.205. The number of hydrogen-bond donors (Lipinski definition) is 4. The van der Waals surface area contributed by atoms with Gasteiger partial charge in [0.05, 0.1) is 31.2 Å². The largest absolute Gasteiger partial charge is 0.481 e. The number of carboxylic acid groups (broad SMARTS) is 1. The van der Waals surface area contributed by atoms with Gasteiger partial charge >= 0.3 is 11.9 Å². The first kappa shape index (κ1) is 33.6. The van der Waals surface area contributed by atoms with Crippen LogP contribution in [0.3, 0.4) is 0 Å². The van der Waals surface area contributed by atoms with E-state index in [4.69, 9.17) is 9.84 Å². The molecule has 0 spiro atoms. The Kier molecular flexibility index (Phi) is 15.0. The second-order valence-electron chi connectivity index (χ2n) is 11.9. The molecule has 0 radical (unpaired) electrons. The van der Waals surface area contributed by atoms with Crippen molar-refractivity contribution in [3.63, 3.8) is 0 Å². The number of carboxylic acids is 1. The molecule has 7 nitrogen and oxygen atoms in total. The molecule has 1 heterocycles. The number of aliphatic hydroxyl groups excluding tert-OH is 3. The number of carbonyl (C=O) groups excluding carboxylic acids is 1. The molecule has 1 saturated heterocycles. The number of esters is 1. The van der Waals surface area contributed by atoms with Crippen LogP contribution in [0.1, 0.15) is 107 Å². The number of aliphatic hydroxyl groups is 3. The van der Waals surface area contributed by atoms with E-state index in [0.29, 0.717) is 6.42 Å². The molecule has 0 aliphatic carbocycles. The van der Waals surface area contributed by atoms with Crippen molar-refractivity contribution in [3.05, 3.63) is 12.2 Å². The lowest BCUT2D eigenvalue weighted by Gasteiger charge is -2.33. The standard InChI is InChI=1S/C14H28O4.C14H24O3/c1-5-6-14(3,4)9-10(2)12(16)7-11(15)8-13(17)18;1-5-6-14(3,4)9-10(2)12-7-11(15)8-13(16)17-12/h10-12,15-16H,5-9H2,1-4H3,(H,17,18);5-6,10-12,15H,7-9H2,1-4H3/b;6-5+/t2*10?,11-,12+/m11/s1. The Morgan fingerprint density at radius 2 is 1.77 bits per heavy atom. The van der Waals surface area contributed by atoms with Crippen molar-refractivity contribution in [1.29, 1.82) is 0 Å². The van der Waals surface area contributed by atoms with E-state index in [1.165, 1.54) is 0 Å². The van der Waals surface area contributed by atoms with Gasteiger partial charge in [0.2, 0.25) is 0 Å². The highest BCUT2D eigenvalue weighted by Crippen LogP contribution is 2.33. The van der Waals surface area contributed by atoms with Gasteiger partial charge in [-0.3, -0.25) is 9.59 Å². The van der Waals surface area contributed by atoms with Crippen LogP contribution >= 0.6 is 0 Å². The molecular formula is C28H52O7. The molecule has 0 aromatic carbocycles. The first-order valence-electron chi connectivity index (χ1n) is 13.1. The van der Waals surface area contributed by atoms with Crippen molar-refractivity contribution in [2.24, 2.45) is 22.7 Å². The van der Waals surface area contributed by atoms with E-state index in [1.54, 1.807) is 0 Å². The van der Waals surface area contributed by atoms with Gasteiger partial charge in [-0.2, -0.15) is 0 Å². The molecule has 1 aliphatic rings. The van der Waals surface area contributed by atoms with Crippen LogP contribution in [0, 0.1) is 22.7 Å². The molecule has 1 rings (SSSR count). The Balaban J connectivity index is 0.000000661. The Labute approximate surface area is 213 Å². The Morgan fingerprint density at radius 3 is 2.26 bits per heavy atom. The van der Waals surface area contributed by atoms with E-state index in [2.05, 4.69) is 53.7 Å². The fourth-order valence-electron chi connectivity index (χ4n) is 5.22. The van der Waals surface area contributed by atoms with Crippen LogP contribution in [0.15, 0.2) is 12.2 Å². The zero-order valence-electron chi connectivity index (χ0n) is 23.3. The zero-order valence-corrected chi connectivity index (χ0v) is 23.3. The highest BCUT2D eigenvalue weighted by Gasteiger charge is 2.33. The summed E-state index contributed by atoms with van der Waals surface area (Å²) in [5.74, 6) is -0.979. The van der Waals surface area contributed by atoms with Gasteiger partial charge in [-0.25, -0.2) is 0 Å². The molecule has 206 valence electrons. The molecule has 7 heteroatoms. The van der Waals surface area contributed by atoms with Gasteiger partial charge in [-0.05, 0) is 48.9 Å². The minimum Gasteiger partial charge on any atom is -0.481 e. The summed E-state index contributed by atoms with van der Waals surface area (Å²) >= 11 is 0. The summed E-state index contributed by atoms with van der Waals surface area (Å²) in [4.78, 5) is 21.7. The maximum Gasteiger partial charge on any atom is 0.308 e. The SMILES string of the molecule is C/C=C/C(C)(C)CC(C)[C@@H]1C[C@@H](O)CC(=O)O1.CCCC(C)(C)CC(C)[C@@H](O)C[C@@H](O)CC(=O)O. The van der Waals surface area contributed by atoms with Gasteiger partial charge < -0.3 is 25.2 Å². The van der Waals surface area contributed by atoms with Gasteiger partial charge in [-0.1, -0.05) is 67.0 Å². The van der Waals surface area contributed by atoms with Crippen LogP contribution in [-0.4, -0.2) is 56.8 Å². The third kappa shape index (κ3) is 15.3. The molecule has 2 unspecified atom stereocenters. The predicted octanol–water partition coefficient (Wildman–Crippen LogP) is 5.11. The van der Waals surface area contributed by atoms with E-state index in [-0.39, 0.29) is 54.0 Å². The average Bonchev–Trinajstić information content (AvgIpc) is 2.66. The zero-order chi connectivity index (χ0) is 27.4. The molecule has 0 aromatic heterocycles. The van der Waals surface area contributed by atoms with Gasteiger partial charge in [0, 0.05) is 12.8 Å². The van der Waals surface area contributed by atoms with Crippen molar-refractivity contribution >= 4 is 11.9 Å². The minimum atomic E-state index is -1.03. The van der Waals surface area contributed by atoms with E-state index >= 15 is 0 Å². The number of rotatable bonds is 13. The predicted molar refractivity (Wildman–Crippen MR) is 139 cm³/mol. The van der Waals surface area contributed by atoms with E-state index in [1.807, 2.05) is 13.8 Å². The normalized spacial score (nSPS) is 22.5. The fraction of sp³-hybridized carbons (Fsp3) is 0.857. The Hall–Kier alpha value is -1.44. The molecule has 1 fully saturated rings. The highest BCUT2D eigenvalue weighted by molar-refractivity contribution is 5.71. The van der Waals surface area contributed by atoms with Crippen molar-refractivity contribution in [1.82, 2.24) is 0 Å². The lowest BCUT2D eigenvalue weighted by atomic mass is 9.77. The maximum absolute atomic E-state index is 11.3. The number of hydrogen-bond acceptors (Lipinski definition) is 6. The lowest BCUT2D eigenvalue weighted by Crippen LogP contribution is -2.37. The highest BCUT2D eigenvalue weighted by atomic mass is 16.5. The molecule has 1 aliphatic heterocycles. The molecule has 0 aromatic rings. The fourth-order valence-corrected chi connectivity index (χ4v) is 5.22. The summed E-state index contributed by atoms with van der Waals surface area (Å²) < 4.78 is 5.32. The lowest BCUT2D eigenvalue weighted by molar-refractivity contribution is -0.164. The summed E-state index contributed by atoms with van der Waals surface area (Å²) in [7, 11) is 0. The summed E-state index contributed by atoms with van der Waals surface area (Å²) in [5, 5.41) is 37.6. The smallest absolute Gasteiger partial charge is 0.308 e. The van der Waals surface area contributed by atoms with Gasteiger partial charge in [-0.15, -0.1) is 0 Å². The first-order chi connectivity index (χ1) is 16.0. The van der Waals surface area contributed by atoms with Crippen LogP contribution in [0.4, 0.5) is 0 Å². The number of cyclic esters (lactones) is 1. The van der Waals surface area contributed by atoms with Crippen LogP contribution in [0.25, 0.3) is 0 Å². The van der Waals surface area contributed by atoms with Crippen molar-refractivity contribution in [2.45, 2.75) is 131 Å². The van der Waals surface area contributed by atoms with Crippen molar-refractivity contribution in [2.75, 3.05) is 0 Å². The number of aliphatic carboxylic acids is 1. The average molecular weight is 501 g/mol. The van der Waals surface area contributed by atoms with Crippen molar-refractivity contribution < 1.29 is 34.8 Å². The van der Waals surface area contributed by atoms with Gasteiger partial charge in [0.15, 0.2) is 0 Å². The molecule has 35 heavy (non-hydrogen) atoms. The second kappa shape index (κ2) is 15.6. The van der Waals surface area contributed by atoms with Crippen LogP contribution in [0.5, 0.6) is 0 Å². The van der Waals surface area contributed by atoms with Crippen molar-refractivity contribution in [3.8, 4) is 0 Å². The van der Waals surface area contributed by atoms with Gasteiger partial charge in [0.25, 0.3) is 0 Å². The first-order valence-corrected chi connectivity index (χ1v) is 13.1. The summed E-state index contributed by atoms with van der Waals surface area (Å²) in [5.41, 5.74) is 0.274. The van der Waals surface area contributed by atoms with Crippen LogP contribution in [-0.2, 0) is 14.3 Å². The molecular weight excluding hydrogens is 448 g/mol.